The smallest absolute Gasteiger partial charge is 0.175 e. The molecule has 0 amide bonds. The van der Waals surface area contributed by atoms with Crippen LogP contribution in [0.1, 0.15) is 32.8 Å². The minimum atomic E-state index is -0.251. The fraction of sp³-hybridized carbons (Fsp3) is 0.450. The van der Waals surface area contributed by atoms with E-state index in [-0.39, 0.29) is 24.7 Å². The van der Waals surface area contributed by atoms with E-state index in [2.05, 4.69) is 37.2 Å². The second-order valence-corrected chi connectivity index (χ2v) is 7.37. The Balaban J connectivity index is 1.99. The van der Waals surface area contributed by atoms with E-state index >= 15 is 0 Å². The SMILES string of the molecule is C=C(/C=C\C(=C/C)C1NC(Cc2ccsc2)C(=O)CO1)CC(C)C. The molecule has 0 saturated carbocycles. The molecular weight excluding hydrogens is 318 g/mol. The van der Waals surface area contributed by atoms with Crippen LogP contribution in [0, 0.1) is 5.92 Å². The molecule has 1 aromatic heterocycles. The quantitative estimate of drug-likeness (QED) is 0.750. The molecule has 0 aliphatic carbocycles. The predicted molar refractivity (Wildman–Crippen MR) is 101 cm³/mol. The molecule has 130 valence electrons. The second-order valence-electron chi connectivity index (χ2n) is 6.59. The van der Waals surface area contributed by atoms with Gasteiger partial charge in [-0.15, -0.1) is 0 Å². The highest BCUT2D eigenvalue weighted by atomic mass is 32.1. The molecule has 2 atom stereocenters. The molecule has 0 radical (unpaired) electrons. The van der Waals surface area contributed by atoms with Gasteiger partial charge in [0.15, 0.2) is 5.78 Å². The van der Waals surface area contributed by atoms with E-state index in [1.807, 2.05) is 30.5 Å². The molecule has 0 bridgehead atoms. The molecule has 0 spiro atoms. The van der Waals surface area contributed by atoms with E-state index in [0.29, 0.717) is 12.3 Å². The molecule has 2 rings (SSSR count). The molecule has 4 heteroatoms. The first kappa shape index (κ1) is 18.8. The van der Waals surface area contributed by atoms with Crippen LogP contribution in [0.5, 0.6) is 0 Å². The average molecular weight is 346 g/mol. The van der Waals surface area contributed by atoms with E-state index in [9.17, 15) is 4.79 Å². The largest absolute Gasteiger partial charge is 0.351 e. The summed E-state index contributed by atoms with van der Waals surface area (Å²) in [6.45, 7) is 10.6. The Hall–Kier alpha value is -1.49. The van der Waals surface area contributed by atoms with Crippen molar-refractivity contribution in [1.82, 2.24) is 5.32 Å². The van der Waals surface area contributed by atoms with Gasteiger partial charge in [-0.2, -0.15) is 11.3 Å². The summed E-state index contributed by atoms with van der Waals surface area (Å²) < 4.78 is 5.70. The van der Waals surface area contributed by atoms with Gasteiger partial charge in [0.25, 0.3) is 0 Å². The zero-order valence-corrected chi connectivity index (χ0v) is 15.6. The molecule has 3 nitrogen and oxygen atoms in total. The Morgan fingerprint density at radius 3 is 2.92 bits per heavy atom. The summed E-state index contributed by atoms with van der Waals surface area (Å²) in [7, 11) is 0. The monoisotopic (exact) mass is 345 g/mol. The first-order chi connectivity index (χ1) is 11.5. The van der Waals surface area contributed by atoms with Crippen molar-refractivity contribution in [1.29, 1.82) is 0 Å². The molecule has 1 aliphatic heterocycles. The number of thiophene rings is 1. The van der Waals surface area contributed by atoms with E-state index in [1.54, 1.807) is 11.3 Å². The number of rotatable bonds is 7. The number of hydrogen-bond acceptors (Lipinski definition) is 4. The van der Waals surface area contributed by atoms with Gasteiger partial charge in [-0.3, -0.25) is 10.1 Å². The zero-order valence-electron chi connectivity index (χ0n) is 14.7. The summed E-state index contributed by atoms with van der Waals surface area (Å²) in [4.78, 5) is 12.1. The Kier molecular flexibility index (Phi) is 7.16. The molecule has 1 aliphatic rings. The highest BCUT2D eigenvalue weighted by molar-refractivity contribution is 7.07. The second kappa shape index (κ2) is 9.11. The molecule has 2 unspecified atom stereocenters. The van der Waals surface area contributed by atoms with Crippen molar-refractivity contribution in [3.05, 3.63) is 58.3 Å². The van der Waals surface area contributed by atoms with Gasteiger partial charge in [0.05, 0.1) is 6.04 Å². The van der Waals surface area contributed by atoms with Gasteiger partial charge in [-0.05, 0) is 53.6 Å². The number of ketones is 1. The Bertz CT molecular complexity index is 614. The minimum Gasteiger partial charge on any atom is -0.351 e. The third kappa shape index (κ3) is 5.55. The third-order valence-corrected chi connectivity index (χ3v) is 4.70. The molecule has 1 N–H and O–H groups in total. The molecule has 2 heterocycles. The van der Waals surface area contributed by atoms with E-state index in [1.165, 1.54) is 5.56 Å². The lowest BCUT2D eigenvalue weighted by atomic mass is 10.0. The van der Waals surface area contributed by atoms with Crippen LogP contribution >= 0.6 is 11.3 Å². The van der Waals surface area contributed by atoms with Crippen molar-refractivity contribution < 1.29 is 9.53 Å². The van der Waals surface area contributed by atoms with Crippen LogP contribution < -0.4 is 5.32 Å². The van der Waals surface area contributed by atoms with Crippen molar-refractivity contribution in [2.45, 2.75) is 45.9 Å². The van der Waals surface area contributed by atoms with Gasteiger partial charge < -0.3 is 4.74 Å². The predicted octanol–water partition coefficient (Wildman–Crippen LogP) is 4.28. The summed E-state index contributed by atoms with van der Waals surface area (Å²) in [6.07, 6.45) is 7.55. The van der Waals surface area contributed by atoms with E-state index < -0.39 is 0 Å². The van der Waals surface area contributed by atoms with Crippen molar-refractivity contribution in [3.63, 3.8) is 0 Å². The maximum absolute atomic E-state index is 12.1. The van der Waals surface area contributed by atoms with E-state index in [0.717, 1.165) is 17.6 Å². The van der Waals surface area contributed by atoms with Gasteiger partial charge in [0.1, 0.15) is 12.8 Å². The van der Waals surface area contributed by atoms with Crippen molar-refractivity contribution in [2.24, 2.45) is 5.92 Å². The molecule has 1 aromatic rings. The van der Waals surface area contributed by atoms with Crippen LogP contribution in [0.3, 0.4) is 0 Å². The molecular formula is C20H27NO2S. The van der Waals surface area contributed by atoms with Gasteiger partial charge in [-0.25, -0.2) is 0 Å². The maximum atomic E-state index is 12.1. The lowest BCUT2D eigenvalue weighted by Gasteiger charge is -2.31. The van der Waals surface area contributed by atoms with Gasteiger partial charge in [-0.1, -0.05) is 44.2 Å². The van der Waals surface area contributed by atoms with Gasteiger partial charge in [0, 0.05) is 0 Å². The molecule has 0 aromatic carbocycles. The van der Waals surface area contributed by atoms with Crippen molar-refractivity contribution in [2.75, 3.05) is 6.61 Å². The van der Waals surface area contributed by atoms with Crippen LogP contribution in [-0.4, -0.2) is 24.7 Å². The number of carbonyl (C=O) groups excluding carboxylic acids is 1. The number of nitrogens with one attached hydrogen (secondary N) is 1. The van der Waals surface area contributed by atoms with Crippen LogP contribution in [0.15, 0.2) is 52.8 Å². The topological polar surface area (TPSA) is 38.3 Å². The molecule has 1 fully saturated rings. The summed E-state index contributed by atoms with van der Waals surface area (Å²) in [6, 6.07) is 1.87. The molecule has 1 saturated heterocycles. The lowest BCUT2D eigenvalue weighted by Crippen LogP contribution is -2.53. The van der Waals surface area contributed by atoms with Gasteiger partial charge >= 0.3 is 0 Å². The van der Waals surface area contributed by atoms with E-state index in [4.69, 9.17) is 4.74 Å². The first-order valence-electron chi connectivity index (χ1n) is 8.43. The Morgan fingerprint density at radius 1 is 1.50 bits per heavy atom. The lowest BCUT2D eigenvalue weighted by molar-refractivity contribution is -0.134. The summed E-state index contributed by atoms with van der Waals surface area (Å²) in [5.41, 5.74) is 3.32. The number of hydrogen-bond donors (Lipinski definition) is 1. The fourth-order valence-electron chi connectivity index (χ4n) is 2.74. The number of Topliss-reactive ketones (excluding diaryl/α,β-unsaturated/α-hetero) is 1. The highest BCUT2D eigenvalue weighted by Crippen LogP contribution is 2.18. The van der Waals surface area contributed by atoms with Crippen molar-refractivity contribution in [3.8, 4) is 0 Å². The Morgan fingerprint density at radius 2 is 2.29 bits per heavy atom. The van der Waals surface area contributed by atoms with Crippen LogP contribution in [0.2, 0.25) is 0 Å². The first-order valence-corrected chi connectivity index (χ1v) is 9.37. The maximum Gasteiger partial charge on any atom is 0.175 e. The standard InChI is InChI=1S/C20H27NO2S/c1-5-17(7-6-15(4)10-14(2)3)20-21-18(19(22)12-23-20)11-16-8-9-24-13-16/h5-9,13-14,18,20-21H,4,10-12H2,1-3H3/b7-6-,17-5+. The Labute approximate surface area is 149 Å². The normalized spacial score (nSPS) is 22.5. The fourth-order valence-corrected chi connectivity index (χ4v) is 3.42. The van der Waals surface area contributed by atoms with Gasteiger partial charge in [0.2, 0.25) is 0 Å². The van der Waals surface area contributed by atoms with Crippen molar-refractivity contribution >= 4 is 17.1 Å². The third-order valence-electron chi connectivity index (χ3n) is 3.97. The summed E-state index contributed by atoms with van der Waals surface area (Å²) in [5.74, 6) is 0.703. The summed E-state index contributed by atoms with van der Waals surface area (Å²) >= 11 is 1.65. The van der Waals surface area contributed by atoms with Crippen LogP contribution in [0.25, 0.3) is 0 Å². The minimum absolute atomic E-state index is 0.112. The zero-order chi connectivity index (χ0) is 17.5. The van der Waals surface area contributed by atoms with Crippen LogP contribution in [-0.2, 0) is 16.0 Å². The summed E-state index contributed by atoms with van der Waals surface area (Å²) in [5, 5.41) is 7.47. The molecule has 24 heavy (non-hydrogen) atoms. The average Bonchev–Trinajstić information content (AvgIpc) is 3.03. The number of allylic oxidation sites excluding steroid dienone is 3. The highest BCUT2D eigenvalue weighted by Gasteiger charge is 2.29. The number of carbonyl (C=O) groups is 1. The van der Waals surface area contributed by atoms with Crippen LogP contribution in [0.4, 0.5) is 0 Å². The number of ether oxygens (including phenoxy) is 1.